The van der Waals surface area contributed by atoms with Crippen molar-refractivity contribution in [1.29, 1.82) is 0 Å². The van der Waals surface area contributed by atoms with E-state index in [1.807, 2.05) is 0 Å². The summed E-state index contributed by atoms with van der Waals surface area (Å²) >= 11 is 0. The lowest BCUT2D eigenvalue weighted by Crippen LogP contribution is -2.68. The number of fused-ring (bicyclic) bond motifs is 1. The van der Waals surface area contributed by atoms with Gasteiger partial charge in [-0.25, -0.2) is 0 Å². The molecule has 3 nitrogen and oxygen atoms in total. The first-order chi connectivity index (χ1) is 17.2. The van der Waals surface area contributed by atoms with Crippen molar-refractivity contribution in [2.24, 2.45) is 0 Å². The minimum atomic E-state index is 0.420. The highest BCUT2D eigenvalue weighted by atomic mass is 16.3. The van der Waals surface area contributed by atoms with E-state index in [0.29, 0.717) is 17.7 Å². The molecule has 0 aromatic heterocycles. The van der Waals surface area contributed by atoms with Gasteiger partial charge >= 0.3 is 0 Å². The molecular weight excluding hydrogens is 428 g/mol. The highest BCUT2D eigenvalue weighted by molar-refractivity contribution is 5.46. The topological polar surface area (TPSA) is 23.5 Å². The molecule has 35 heavy (non-hydrogen) atoms. The van der Waals surface area contributed by atoms with Gasteiger partial charge in [-0.2, -0.15) is 0 Å². The summed E-state index contributed by atoms with van der Waals surface area (Å²) in [5.41, 5.74) is 6.59. The number of phenolic OH excluding ortho intramolecular Hbond substituents is 1. The molecule has 1 spiro atoms. The molecule has 0 aliphatic carbocycles. The Kier molecular flexibility index (Phi) is 6.39. The van der Waals surface area contributed by atoms with Crippen LogP contribution in [0, 0.1) is 0 Å². The maximum absolute atomic E-state index is 11.3. The van der Waals surface area contributed by atoms with Crippen LogP contribution >= 0.6 is 0 Å². The monoisotopic (exact) mass is 467 g/mol. The second-order valence-corrected chi connectivity index (χ2v) is 11.1. The Morgan fingerprint density at radius 3 is 2.06 bits per heavy atom. The fourth-order valence-corrected chi connectivity index (χ4v) is 7.13. The summed E-state index contributed by atoms with van der Waals surface area (Å²) in [5, 5.41) is 11.3. The summed E-state index contributed by atoms with van der Waals surface area (Å²) < 4.78 is 1.16. The van der Waals surface area contributed by atoms with Crippen LogP contribution < -0.4 is 0 Å². The molecule has 3 aromatic rings. The molecule has 0 saturated carbocycles. The van der Waals surface area contributed by atoms with Crippen LogP contribution in [0.15, 0.2) is 72.8 Å². The summed E-state index contributed by atoms with van der Waals surface area (Å²) in [6, 6.07) is 27.4. The van der Waals surface area contributed by atoms with Crippen LogP contribution in [0.25, 0.3) is 0 Å². The van der Waals surface area contributed by atoms with E-state index in [1.165, 1.54) is 74.0 Å². The molecule has 2 fully saturated rings. The Morgan fingerprint density at radius 1 is 0.800 bits per heavy atom. The number of hydrogen-bond acceptors (Lipinski definition) is 2. The van der Waals surface area contributed by atoms with E-state index in [4.69, 9.17) is 0 Å². The zero-order valence-electron chi connectivity index (χ0n) is 20.9. The fourth-order valence-electron chi connectivity index (χ4n) is 7.13. The molecule has 3 heterocycles. The van der Waals surface area contributed by atoms with Crippen LogP contribution in [0.3, 0.4) is 0 Å². The number of likely N-dealkylation sites (tertiary alicyclic amines) is 1. The van der Waals surface area contributed by atoms with E-state index in [1.54, 1.807) is 0 Å². The molecule has 6 rings (SSSR count). The Labute approximate surface area is 210 Å². The van der Waals surface area contributed by atoms with Gasteiger partial charge in [0.15, 0.2) is 0 Å². The van der Waals surface area contributed by atoms with Crippen molar-refractivity contribution in [3.8, 4) is 5.75 Å². The van der Waals surface area contributed by atoms with Gasteiger partial charge < -0.3 is 9.59 Å². The van der Waals surface area contributed by atoms with Crippen LogP contribution in [0.1, 0.15) is 65.8 Å². The fraction of sp³-hybridized carbons (Fsp3) is 0.438. The van der Waals surface area contributed by atoms with Crippen molar-refractivity contribution in [3.63, 3.8) is 0 Å². The minimum Gasteiger partial charge on any atom is -0.507 e. The molecule has 3 aromatic carbocycles. The van der Waals surface area contributed by atoms with Crippen molar-refractivity contribution in [1.82, 2.24) is 4.90 Å². The van der Waals surface area contributed by atoms with Gasteiger partial charge in [-0.1, -0.05) is 85.6 Å². The lowest BCUT2D eigenvalue weighted by atomic mass is 9.75. The molecule has 2 atom stereocenters. The lowest BCUT2D eigenvalue weighted by Gasteiger charge is -2.57. The van der Waals surface area contributed by atoms with E-state index >= 15 is 0 Å². The summed E-state index contributed by atoms with van der Waals surface area (Å²) in [6.07, 6.45) is 7.53. The highest BCUT2D eigenvalue weighted by Crippen LogP contribution is 2.47. The van der Waals surface area contributed by atoms with Gasteiger partial charge in [0.2, 0.25) is 0 Å². The maximum atomic E-state index is 11.3. The summed E-state index contributed by atoms with van der Waals surface area (Å²) in [6.45, 7) is 6.65. The molecule has 1 N–H and O–H groups in total. The van der Waals surface area contributed by atoms with Gasteiger partial charge in [0.1, 0.15) is 18.3 Å². The standard InChI is InChI=1S/C32H38N2O/c35-32-27(23-33-19-9-1-2-10-20-33)15-16-28-24-34(21-17-29(28)32)22-18-30(34)31(25-11-5-3-6-12-25)26-13-7-4-8-14-26/h3-8,11-16,30-31H,1-2,9-10,17-24H2/p+1. The molecule has 2 unspecified atom stereocenters. The van der Waals surface area contributed by atoms with Crippen molar-refractivity contribution in [2.75, 3.05) is 26.2 Å². The van der Waals surface area contributed by atoms with E-state index in [-0.39, 0.29) is 0 Å². The largest absolute Gasteiger partial charge is 0.507 e. The molecule has 2 saturated heterocycles. The number of nitrogens with zero attached hydrogens (tertiary/aromatic N) is 2. The van der Waals surface area contributed by atoms with Gasteiger partial charge in [0.05, 0.1) is 19.0 Å². The van der Waals surface area contributed by atoms with Crippen LogP contribution in [-0.4, -0.2) is 46.7 Å². The number of phenols is 1. The number of quaternary nitrogens is 1. The Bertz CT molecular complexity index is 1100. The lowest BCUT2D eigenvalue weighted by molar-refractivity contribution is -1.00. The SMILES string of the molecule is Oc1c(CN2CCCCCC2)ccc2c1CC[N+]1(CCC1C(c1ccccc1)c1ccccc1)C2. The molecule has 3 aliphatic rings. The molecular formula is C32H39N2O+. The first-order valence-electron chi connectivity index (χ1n) is 13.7. The number of rotatable bonds is 5. The third kappa shape index (κ3) is 4.41. The Morgan fingerprint density at radius 2 is 1.46 bits per heavy atom. The molecule has 3 heteroatoms. The van der Waals surface area contributed by atoms with Gasteiger partial charge in [0.25, 0.3) is 0 Å². The molecule has 3 aliphatic heterocycles. The summed E-state index contributed by atoms with van der Waals surface area (Å²) in [5.74, 6) is 1.01. The zero-order valence-corrected chi connectivity index (χ0v) is 20.9. The molecule has 0 radical (unpaired) electrons. The third-order valence-corrected chi connectivity index (χ3v) is 9.12. The number of aromatic hydroxyl groups is 1. The Balaban J connectivity index is 1.26. The quantitative estimate of drug-likeness (QED) is 0.449. The predicted molar refractivity (Wildman–Crippen MR) is 142 cm³/mol. The molecule has 182 valence electrons. The first-order valence-corrected chi connectivity index (χ1v) is 13.7. The Hall–Kier alpha value is -2.62. The second-order valence-electron chi connectivity index (χ2n) is 11.1. The maximum Gasteiger partial charge on any atom is 0.123 e. The van der Waals surface area contributed by atoms with Crippen molar-refractivity contribution in [3.05, 3.63) is 101 Å². The van der Waals surface area contributed by atoms with Crippen LogP contribution in [0.5, 0.6) is 5.75 Å². The van der Waals surface area contributed by atoms with E-state index in [2.05, 4.69) is 77.7 Å². The van der Waals surface area contributed by atoms with Gasteiger partial charge in [0, 0.05) is 36.1 Å². The van der Waals surface area contributed by atoms with Crippen LogP contribution in [0.2, 0.25) is 0 Å². The number of benzene rings is 3. The average Bonchev–Trinajstić information content (AvgIpc) is 3.18. The van der Waals surface area contributed by atoms with Crippen molar-refractivity contribution >= 4 is 0 Å². The van der Waals surface area contributed by atoms with Gasteiger partial charge in [-0.05, 0) is 37.1 Å². The van der Waals surface area contributed by atoms with E-state index < -0.39 is 0 Å². The van der Waals surface area contributed by atoms with Gasteiger partial charge in [-0.3, -0.25) is 4.90 Å². The molecule has 0 amide bonds. The van der Waals surface area contributed by atoms with Crippen LogP contribution in [0.4, 0.5) is 0 Å². The van der Waals surface area contributed by atoms with E-state index in [9.17, 15) is 5.11 Å². The summed E-state index contributed by atoms with van der Waals surface area (Å²) in [7, 11) is 0. The number of hydrogen-bond donors (Lipinski definition) is 1. The average molecular weight is 468 g/mol. The normalized spacial score (nSPS) is 24.7. The van der Waals surface area contributed by atoms with Crippen molar-refractivity contribution in [2.45, 2.75) is 63.6 Å². The minimum absolute atomic E-state index is 0.420. The molecule has 0 bridgehead atoms. The van der Waals surface area contributed by atoms with Gasteiger partial charge in [-0.15, -0.1) is 0 Å². The van der Waals surface area contributed by atoms with E-state index in [0.717, 1.165) is 36.1 Å². The highest BCUT2D eigenvalue weighted by Gasteiger charge is 2.52. The first kappa shape index (κ1) is 22.8. The van der Waals surface area contributed by atoms with Crippen LogP contribution in [-0.2, 0) is 19.5 Å². The zero-order chi connectivity index (χ0) is 23.7. The van der Waals surface area contributed by atoms with Crippen molar-refractivity contribution < 1.29 is 9.59 Å². The summed E-state index contributed by atoms with van der Waals surface area (Å²) in [4.78, 5) is 2.54. The smallest absolute Gasteiger partial charge is 0.123 e. The second kappa shape index (κ2) is 9.79. The predicted octanol–water partition coefficient (Wildman–Crippen LogP) is 6.25. The third-order valence-electron chi connectivity index (χ3n) is 9.12.